The molecule has 2 N–H and O–H groups in total. The number of likely N-dealkylation sites (tertiary alicyclic amines) is 1. The summed E-state index contributed by atoms with van der Waals surface area (Å²) >= 11 is 6.82. The quantitative estimate of drug-likeness (QED) is 0.131. The number of nitriles is 1. The Balaban J connectivity index is 1.18. The molecule has 1 saturated heterocycles. The number of pyridine rings is 1. The summed E-state index contributed by atoms with van der Waals surface area (Å²) in [6.07, 6.45) is 5.53. The van der Waals surface area contributed by atoms with Crippen LogP contribution in [0.1, 0.15) is 52.6 Å². The summed E-state index contributed by atoms with van der Waals surface area (Å²) < 4.78 is 18.9. The number of ether oxygens (including phenoxy) is 3. The maximum Gasteiger partial charge on any atom is 0.323 e. The van der Waals surface area contributed by atoms with Gasteiger partial charge in [-0.15, -0.1) is 0 Å². The molecular formula is C41H44ClN5O6. The molecule has 3 heterocycles. The van der Waals surface area contributed by atoms with Crippen molar-refractivity contribution in [3.63, 3.8) is 0 Å². The molecule has 276 valence electrons. The number of benzene rings is 3. The Morgan fingerprint density at radius 3 is 2.45 bits per heavy atom. The molecule has 1 fully saturated rings. The van der Waals surface area contributed by atoms with Gasteiger partial charge in [-0.2, -0.15) is 5.26 Å². The highest BCUT2D eigenvalue weighted by Crippen LogP contribution is 2.37. The third-order valence-corrected chi connectivity index (χ3v) is 9.98. The van der Waals surface area contributed by atoms with Gasteiger partial charge in [0.25, 0.3) is 0 Å². The van der Waals surface area contributed by atoms with Gasteiger partial charge in [0, 0.05) is 50.2 Å². The standard InChI is InChI=1S/C41H44ClN5O6/c1-27-31(6-3-7-33(27)34-8-4-9-37(28(34)2)51-17-5-13-46-14-10-32(48)11-15-46)26-53-39-20-38(52-25-30-18-29(21-43)22-44-23-30)35(19-36(39)42)41-45-12-16-47(41)24-40(49)50/h3-4,6-9,18-20,22-23,32,48H,5,10-17,24-26H2,1-2H3,(H,49,50). The number of hydrogen-bond acceptors (Lipinski definition) is 10. The highest BCUT2D eigenvalue weighted by atomic mass is 35.5. The number of carbonyl (C=O) groups is 1. The summed E-state index contributed by atoms with van der Waals surface area (Å²) in [7, 11) is 0. The average Bonchev–Trinajstić information content (AvgIpc) is 3.61. The van der Waals surface area contributed by atoms with Crippen molar-refractivity contribution < 1.29 is 29.2 Å². The highest BCUT2D eigenvalue weighted by molar-refractivity contribution is 6.32. The van der Waals surface area contributed by atoms with Gasteiger partial charge in [-0.25, -0.2) is 0 Å². The van der Waals surface area contributed by atoms with Crippen LogP contribution in [0.25, 0.3) is 11.1 Å². The molecule has 12 heteroatoms. The topological polar surface area (TPSA) is 141 Å². The second-order valence-electron chi connectivity index (χ2n) is 13.4. The fourth-order valence-corrected chi connectivity index (χ4v) is 6.96. The van der Waals surface area contributed by atoms with Crippen LogP contribution in [0.15, 0.2) is 72.0 Å². The van der Waals surface area contributed by atoms with Gasteiger partial charge in [-0.05, 0) is 79.1 Å². The number of piperidine rings is 1. The van der Waals surface area contributed by atoms with Gasteiger partial charge in [0.1, 0.15) is 48.9 Å². The van der Waals surface area contributed by atoms with Gasteiger partial charge in [0.2, 0.25) is 0 Å². The number of halogens is 1. The lowest BCUT2D eigenvalue weighted by Gasteiger charge is -2.29. The number of carboxylic acid groups (broad SMARTS) is 1. The van der Waals surface area contributed by atoms with Gasteiger partial charge in [0.15, 0.2) is 0 Å². The molecule has 4 aromatic rings. The monoisotopic (exact) mass is 737 g/mol. The molecule has 0 bridgehead atoms. The van der Waals surface area contributed by atoms with Crippen molar-refractivity contribution >= 4 is 23.4 Å². The average molecular weight is 738 g/mol. The molecule has 2 aliphatic heterocycles. The predicted octanol–water partition coefficient (Wildman–Crippen LogP) is 6.42. The Morgan fingerprint density at radius 2 is 1.68 bits per heavy atom. The van der Waals surface area contributed by atoms with E-state index in [9.17, 15) is 20.3 Å². The first-order valence-electron chi connectivity index (χ1n) is 17.9. The van der Waals surface area contributed by atoms with E-state index < -0.39 is 5.97 Å². The summed E-state index contributed by atoms with van der Waals surface area (Å²) in [6.45, 7) is 8.64. The van der Waals surface area contributed by atoms with Crippen molar-refractivity contribution in [3.8, 4) is 34.4 Å². The van der Waals surface area contributed by atoms with Crippen molar-refractivity contribution in [2.75, 3.05) is 45.9 Å². The number of carboxylic acids is 1. The van der Waals surface area contributed by atoms with Crippen molar-refractivity contribution in [3.05, 3.63) is 105 Å². The van der Waals surface area contributed by atoms with Crippen LogP contribution in [0.3, 0.4) is 0 Å². The number of hydrogen-bond donors (Lipinski definition) is 2. The van der Waals surface area contributed by atoms with Gasteiger partial charge < -0.3 is 34.2 Å². The van der Waals surface area contributed by atoms with Crippen LogP contribution in [0, 0.1) is 25.2 Å². The summed E-state index contributed by atoms with van der Waals surface area (Å²) in [5.41, 5.74) is 6.94. The van der Waals surface area contributed by atoms with E-state index in [2.05, 4.69) is 46.9 Å². The third-order valence-electron chi connectivity index (χ3n) is 9.69. The maximum absolute atomic E-state index is 11.6. The van der Waals surface area contributed by atoms with E-state index in [4.69, 9.17) is 25.8 Å². The molecule has 0 aliphatic carbocycles. The first kappa shape index (κ1) is 37.6. The number of aliphatic hydroxyl groups excluding tert-OH is 1. The third kappa shape index (κ3) is 9.45. The minimum Gasteiger partial charge on any atom is -0.493 e. The van der Waals surface area contributed by atoms with E-state index >= 15 is 0 Å². The SMILES string of the molecule is Cc1c(COc2cc(OCc3cncc(C#N)c3)c(C3=NCCN3CC(=O)O)cc2Cl)cccc1-c1cccc(OCCCN2CCC(O)CC2)c1C. The fraction of sp³-hybridized carbons (Fsp3) is 0.366. The molecule has 0 radical (unpaired) electrons. The van der Waals surface area contributed by atoms with E-state index in [-0.39, 0.29) is 25.9 Å². The maximum atomic E-state index is 11.6. The molecule has 3 aromatic carbocycles. The zero-order valence-electron chi connectivity index (χ0n) is 30.1. The van der Waals surface area contributed by atoms with Gasteiger partial charge >= 0.3 is 5.97 Å². The fourth-order valence-electron chi connectivity index (χ4n) is 6.75. The van der Waals surface area contributed by atoms with E-state index in [0.717, 1.165) is 72.5 Å². The number of aliphatic hydroxyl groups is 1. The van der Waals surface area contributed by atoms with Crippen molar-refractivity contribution in [1.82, 2.24) is 14.8 Å². The van der Waals surface area contributed by atoms with E-state index in [1.165, 1.54) is 6.20 Å². The highest BCUT2D eigenvalue weighted by Gasteiger charge is 2.26. The van der Waals surface area contributed by atoms with Crippen molar-refractivity contribution in [2.24, 2.45) is 4.99 Å². The zero-order valence-corrected chi connectivity index (χ0v) is 30.8. The Morgan fingerprint density at radius 1 is 0.925 bits per heavy atom. The van der Waals surface area contributed by atoms with Crippen LogP contribution in [0.2, 0.25) is 5.02 Å². The molecule has 0 unspecified atom stereocenters. The largest absolute Gasteiger partial charge is 0.493 e. The van der Waals surface area contributed by atoms with Crippen LogP contribution in [0.5, 0.6) is 17.2 Å². The number of nitrogens with zero attached hydrogens (tertiary/aromatic N) is 5. The summed E-state index contributed by atoms with van der Waals surface area (Å²) in [4.78, 5) is 24.4. The molecule has 0 atom stereocenters. The minimum atomic E-state index is -0.967. The Kier molecular flexibility index (Phi) is 12.5. The smallest absolute Gasteiger partial charge is 0.323 e. The predicted molar refractivity (Wildman–Crippen MR) is 203 cm³/mol. The van der Waals surface area contributed by atoms with Crippen LogP contribution >= 0.6 is 11.6 Å². The lowest BCUT2D eigenvalue weighted by molar-refractivity contribution is -0.137. The normalized spacial score (nSPS) is 14.8. The van der Waals surface area contributed by atoms with Crippen LogP contribution in [0.4, 0.5) is 0 Å². The second kappa shape index (κ2) is 17.6. The summed E-state index contributed by atoms with van der Waals surface area (Å²) in [5.74, 6) is 1.18. The molecule has 11 nitrogen and oxygen atoms in total. The summed E-state index contributed by atoms with van der Waals surface area (Å²) in [5, 5.41) is 28.9. The van der Waals surface area contributed by atoms with E-state index in [1.54, 1.807) is 29.3 Å². The summed E-state index contributed by atoms with van der Waals surface area (Å²) in [6, 6.07) is 19.5. The van der Waals surface area contributed by atoms with Crippen LogP contribution in [-0.4, -0.2) is 88.8 Å². The molecular weight excluding hydrogens is 694 g/mol. The molecule has 6 rings (SSSR count). The van der Waals surface area contributed by atoms with Crippen molar-refractivity contribution in [2.45, 2.75) is 52.4 Å². The second-order valence-corrected chi connectivity index (χ2v) is 13.8. The Labute approximate surface area is 315 Å². The van der Waals surface area contributed by atoms with Crippen molar-refractivity contribution in [1.29, 1.82) is 5.26 Å². The number of aliphatic imine (C=N–C) groups is 1. The molecule has 0 spiro atoms. The molecule has 53 heavy (non-hydrogen) atoms. The lowest BCUT2D eigenvalue weighted by Crippen LogP contribution is -2.36. The molecule has 1 aromatic heterocycles. The molecule has 2 aliphatic rings. The van der Waals surface area contributed by atoms with Crippen LogP contribution < -0.4 is 14.2 Å². The van der Waals surface area contributed by atoms with Crippen LogP contribution in [-0.2, 0) is 18.0 Å². The van der Waals surface area contributed by atoms with Gasteiger partial charge in [-0.1, -0.05) is 41.9 Å². The zero-order chi connectivity index (χ0) is 37.3. The first-order chi connectivity index (χ1) is 25.7. The molecule has 0 amide bonds. The minimum absolute atomic E-state index is 0.107. The number of amidine groups is 1. The number of aromatic nitrogens is 1. The van der Waals surface area contributed by atoms with Gasteiger partial charge in [-0.3, -0.25) is 14.8 Å². The Hall–Kier alpha value is -5.15. The van der Waals surface area contributed by atoms with Gasteiger partial charge in [0.05, 0.1) is 35.4 Å². The molecule has 0 saturated carbocycles. The Bertz CT molecular complexity index is 2010. The van der Waals surface area contributed by atoms with E-state index in [0.29, 0.717) is 58.7 Å². The van der Waals surface area contributed by atoms with E-state index in [1.807, 2.05) is 24.3 Å². The first-order valence-corrected chi connectivity index (χ1v) is 18.2. The lowest BCUT2D eigenvalue weighted by atomic mass is 9.93. The number of rotatable bonds is 15. The number of aliphatic carboxylic acids is 1.